The Morgan fingerprint density at radius 3 is 2.88 bits per heavy atom. The van der Waals surface area contributed by atoms with E-state index < -0.39 is 5.82 Å². The average Bonchev–Trinajstić information content (AvgIpc) is 3.08. The summed E-state index contributed by atoms with van der Waals surface area (Å²) in [6.45, 7) is 0. The molecule has 2 aromatic carbocycles. The lowest BCUT2D eigenvalue weighted by atomic mass is 9.77. The number of rotatable bonds is 3. The van der Waals surface area contributed by atoms with E-state index >= 15 is 0 Å². The van der Waals surface area contributed by atoms with Crippen LogP contribution in [0.5, 0.6) is 5.75 Å². The van der Waals surface area contributed by atoms with Crippen LogP contribution in [-0.2, 0) is 11.2 Å². The summed E-state index contributed by atoms with van der Waals surface area (Å²) >= 11 is 5.78. The fraction of sp³-hybridized carbons (Fsp3) is 0.316. The maximum Gasteiger partial charge on any atom is 0.243 e. The van der Waals surface area contributed by atoms with Crippen molar-refractivity contribution in [3.63, 3.8) is 0 Å². The van der Waals surface area contributed by atoms with Crippen LogP contribution in [0.1, 0.15) is 23.6 Å². The summed E-state index contributed by atoms with van der Waals surface area (Å²) in [5, 5.41) is 2.80. The first-order valence-electron chi connectivity index (χ1n) is 8.50. The third kappa shape index (κ3) is 3.05. The van der Waals surface area contributed by atoms with Gasteiger partial charge in [-0.25, -0.2) is 15.2 Å². The van der Waals surface area contributed by atoms with Crippen LogP contribution in [0, 0.1) is 11.7 Å². The molecule has 1 aliphatic carbocycles. The van der Waals surface area contributed by atoms with E-state index in [1.54, 1.807) is 7.11 Å². The molecule has 5 nitrogen and oxygen atoms in total. The van der Waals surface area contributed by atoms with Gasteiger partial charge in [0.05, 0.1) is 18.2 Å². The molecular formula is C19H19ClFN3O2. The van der Waals surface area contributed by atoms with E-state index in [9.17, 15) is 9.18 Å². The number of nitrogens with one attached hydrogen (secondary N) is 3. The van der Waals surface area contributed by atoms with Crippen molar-refractivity contribution in [1.29, 1.82) is 0 Å². The molecule has 3 atom stereocenters. The molecule has 4 rings (SSSR count). The Labute approximate surface area is 155 Å². The number of hydrogen-bond acceptors (Lipinski definition) is 4. The standard InChI is InChI=1S/C19H19ClFN3O2/c1-26-12-4-6-13-10(8-12)2-5-14-17(13)23-24-18(14)19(25)22-11-3-7-16(21)15(20)9-11/h3-4,6-9,14,17-18,23-24H,2,5H2,1H3,(H,22,25). The number of amides is 1. The van der Waals surface area contributed by atoms with Crippen molar-refractivity contribution < 1.29 is 13.9 Å². The Morgan fingerprint density at radius 2 is 2.12 bits per heavy atom. The molecule has 3 N–H and O–H groups in total. The number of hydrogen-bond donors (Lipinski definition) is 3. The molecule has 7 heteroatoms. The Hall–Kier alpha value is -2.15. The van der Waals surface area contributed by atoms with E-state index in [2.05, 4.69) is 28.3 Å². The minimum atomic E-state index is -0.510. The van der Waals surface area contributed by atoms with Crippen molar-refractivity contribution in [2.45, 2.75) is 24.9 Å². The number of hydrazine groups is 1. The summed E-state index contributed by atoms with van der Waals surface area (Å²) in [5.74, 6) is 0.303. The second kappa shape index (κ2) is 6.87. The number of halogens is 2. The summed E-state index contributed by atoms with van der Waals surface area (Å²) in [4.78, 5) is 12.7. The van der Waals surface area contributed by atoms with Crippen LogP contribution in [-0.4, -0.2) is 19.1 Å². The molecule has 1 amide bonds. The van der Waals surface area contributed by atoms with Gasteiger partial charge in [0.2, 0.25) is 5.91 Å². The van der Waals surface area contributed by atoms with Gasteiger partial charge >= 0.3 is 0 Å². The number of carbonyl (C=O) groups excluding carboxylic acids is 1. The Morgan fingerprint density at radius 1 is 1.27 bits per heavy atom. The molecule has 3 unspecified atom stereocenters. The van der Waals surface area contributed by atoms with Gasteiger partial charge in [0.1, 0.15) is 17.6 Å². The molecule has 2 aromatic rings. The quantitative estimate of drug-likeness (QED) is 0.771. The summed E-state index contributed by atoms with van der Waals surface area (Å²) in [6.07, 6.45) is 1.77. The predicted molar refractivity (Wildman–Crippen MR) is 97.6 cm³/mol. The topological polar surface area (TPSA) is 62.4 Å². The Bertz CT molecular complexity index is 861. The van der Waals surface area contributed by atoms with Gasteiger partial charge in [0.25, 0.3) is 0 Å². The maximum absolute atomic E-state index is 13.3. The SMILES string of the molecule is COc1ccc2c(c1)CCC1C(C(=O)Nc3ccc(F)c(Cl)c3)NNC21. The maximum atomic E-state index is 13.3. The summed E-state index contributed by atoms with van der Waals surface area (Å²) < 4.78 is 18.6. The lowest BCUT2D eigenvalue weighted by Gasteiger charge is -2.29. The van der Waals surface area contributed by atoms with E-state index in [4.69, 9.17) is 16.3 Å². The Kier molecular flexibility index (Phi) is 4.56. The minimum absolute atomic E-state index is 0.0151. The largest absolute Gasteiger partial charge is 0.497 e. The lowest BCUT2D eigenvalue weighted by Crippen LogP contribution is -2.42. The monoisotopic (exact) mass is 375 g/mol. The fourth-order valence-electron chi connectivity index (χ4n) is 3.83. The van der Waals surface area contributed by atoms with Gasteiger partial charge in [-0.15, -0.1) is 0 Å². The number of methoxy groups -OCH3 is 1. The van der Waals surface area contributed by atoms with Gasteiger partial charge in [-0.05, 0) is 54.3 Å². The summed E-state index contributed by atoms with van der Waals surface area (Å²) in [5.41, 5.74) is 9.28. The number of benzene rings is 2. The van der Waals surface area contributed by atoms with E-state index in [-0.39, 0.29) is 28.9 Å². The zero-order valence-electron chi connectivity index (χ0n) is 14.2. The van der Waals surface area contributed by atoms with E-state index in [0.29, 0.717) is 5.69 Å². The van der Waals surface area contributed by atoms with Crippen LogP contribution in [0.2, 0.25) is 5.02 Å². The van der Waals surface area contributed by atoms with Crippen LogP contribution in [0.3, 0.4) is 0 Å². The van der Waals surface area contributed by atoms with Crippen LogP contribution in [0.4, 0.5) is 10.1 Å². The van der Waals surface area contributed by atoms with E-state index in [1.165, 1.54) is 29.3 Å². The molecular weight excluding hydrogens is 357 g/mol. The molecule has 0 saturated carbocycles. The van der Waals surface area contributed by atoms with Gasteiger partial charge in [-0.2, -0.15) is 0 Å². The van der Waals surface area contributed by atoms with Crippen LogP contribution < -0.4 is 20.9 Å². The third-order valence-electron chi connectivity index (χ3n) is 5.15. The van der Waals surface area contributed by atoms with Gasteiger partial charge in [0.15, 0.2) is 0 Å². The average molecular weight is 376 g/mol. The van der Waals surface area contributed by atoms with Gasteiger partial charge in [0, 0.05) is 11.6 Å². The molecule has 2 aliphatic rings. The van der Waals surface area contributed by atoms with Gasteiger partial charge in [-0.3, -0.25) is 4.79 Å². The van der Waals surface area contributed by atoms with Crippen molar-refractivity contribution in [3.8, 4) is 5.75 Å². The minimum Gasteiger partial charge on any atom is -0.497 e. The number of carbonyl (C=O) groups is 1. The number of fused-ring (bicyclic) bond motifs is 3. The van der Waals surface area contributed by atoms with Crippen LogP contribution >= 0.6 is 11.6 Å². The second-order valence-corrected chi connectivity index (χ2v) is 7.04. The molecule has 1 heterocycles. The van der Waals surface area contributed by atoms with Crippen LogP contribution in [0.25, 0.3) is 0 Å². The Balaban J connectivity index is 1.51. The molecule has 0 bridgehead atoms. The van der Waals surface area contributed by atoms with Crippen molar-refractivity contribution in [3.05, 3.63) is 58.4 Å². The van der Waals surface area contributed by atoms with E-state index in [1.807, 2.05) is 6.07 Å². The smallest absolute Gasteiger partial charge is 0.243 e. The molecule has 0 spiro atoms. The normalized spacial score (nSPS) is 23.9. The molecule has 26 heavy (non-hydrogen) atoms. The number of aryl methyl sites for hydroxylation is 1. The first-order chi connectivity index (χ1) is 12.6. The highest BCUT2D eigenvalue weighted by Crippen LogP contribution is 2.40. The fourth-order valence-corrected chi connectivity index (χ4v) is 4.01. The van der Waals surface area contributed by atoms with Crippen molar-refractivity contribution >= 4 is 23.2 Å². The lowest BCUT2D eigenvalue weighted by molar-refractivity contribution is -0.118. The van der Waals surface area contributed by atoms with Gasteiger partial charge in [-0.1, -0.05) is 17.7 Å². The molecule has 0 radical (unpaired) electrons. The first-order valence-corrected chi connectivity index (χ1v) is 8.88. The highest BCUT2D eigenvalue weighted by atomic mass is 35.5. The van der Waals surface area contributed by atoms with Crippen LogP contribution in [0.15, 0.2) is 36.4 Å². The predicted octanol–water partition coefficient (Wildman–Crippen LogP) is 3.21. The molecule has 1 saturated heterocycles. The highest BCUT2D eigenvalue weighted by Gasteiger charge is 2.43. The van der Waals surface area contributed by atoms with Crippen molar-refractivity contribution in [2.24, 2.45) is 5.92 Å². The number of ether oxygens (including phenoxy) is 1. The van der Waals surface area contributed by atoms with Crippen molar-refractivity contribution in [2.75, 3.05) is 12.4 Å². The summed E-state index contributed by atoms with van der Waals surface area (Å²) in [6, 6.07) is 9.90. The number of anilines is 1. The summed E-state index contributed by atoms with van der Waals surface area (Å²) in [7, 11) is 1.66. The van der Waals surface area contributed by atoms with Gasteiger partial charge < -0.3 is 10.1 Å². The molecule has 136 valence electrons. The zero-order chi connectivity index (χ0) is 18.3. The zero-order valence-corrected chi connectivity index (χ0v) is 14.9. The third-order valence-corrected chi connectivity index (χ3v) is 5.44. The van der Waals surface area contributed by atoms with E-state index in [0.717, 1.165) is 18.6 Å². The second-order valence-electron chi connectivity index (χ2n) is 6.63. The first kappa shape index (κ1) is 17.3. The molecule has 1 aliphatic heterocycles. The molecule has 0 aromatic heterocycles. The highest BCUT2D eigenvalue weighted by molar-refractivity contribution is 6.31. The van der Waals surface area contributed by atoms with Crippen molar-refractivity contribution in [1.82, 2.24) is 10.9 Å². The molecule has 1 fully saturated rings.